The predicted molar refractivity (Wildman–Crippen MR) is 81.3 cm³/mol. The molecule has 1 unspecified atom stereocenters. The summed E-state index contributed by atoms with van der Waals surface area (Å²) in [5, 5.41) is 3.46. The number of hydrogen-bond donors (Lipinski definition) is 2. The van der Waals surface area contributed by atoms with Crippen molar-refractivity contribution in [2.45, 2.75) is 25.8 Å². The van der Waals surface area contributed by atoms with Gasteiger partial charge in [0, 0.05) is 37.3 Å². The molecule has 2 rings (SSSR count). The number of nitrogens with zero attached hydrogens (tertiary/aromatic N) is 1. The molecular formula is C14H19N3OS. The predicted octanol–water partition coefficient (Wildman–Crippen LogP) is 1.66. The molecule has 1 fully saturated rings. The molecule has 1 saturated heterocycles. The number of thiocarbonyl (C=S) groups is 1. The molecule has 1 amide bonds. The van der Waals surface area contributed by atoms with Crippen molar-refractivity contribution in [3.05, 3.63) is 29.3 Å². The van der Waals surface area contributed by atoms with Gasteiger partial charge in [0.05, 0.1) is 0 Å². The molecule has 102 valence electrons. The van der Waals surface area contributed by atoms with Crippen LogP contribution in [0.1, 0.15) is 24.0 Å². The first-order valence-corrected chi connectivity index (χ1v) is 6.79. The number of piperidine rings is 1. The molecule has 1 aliphatic heterocycles. The fourth-order valence-corrected chi connectivity index (χ4v) is 2.62. The zero-order valence-corrected chi connectivity index (χ0v) is 12.1. The van der Waals surface area contributed by atoms with Crippen LogP contribution >= 0.6 is 12.2 Å². The van der Waals surface area contributed by atoms with Crippen LogP contribution in [0.25, 0.3) is 0 Å². The molecule has 0 aliphatic carbocycles. The minimum Gasteiger partial charge on any atom is -0.389 e. The van der Waals surface area contributed by atoms with Gasteiger partial charge in [-0.05, 0) is 37.1 Å². The Morgan fingerprint density at radius 1 is 1.53 bits per heavy atom. The van der Waals surface area contributed by atoms with E-state index in [-0.39, 0.29) is 5.91 Å². The summed E-state index contributed by atoms with van der Waals surface area (Å²) in [6.45, 7) is 2.74. The third kappa shape index (κ3) is 3.23. The van der Waals surface area contributed by atoms with Gasteiger partial charge in [0.25, 0.3) is 0 Å². The molecule has 0 saturated carbocycles. The van der Waals surface area contributed by atoms with Crippen molar-refractivity contribution in [1.29, 1.82) is 0 Å². The van der Waals surface area contributed by atoms with Crippen molar-refractivity contribution < 1.29 is 4.79 Å². The Morgan fingerprint density at radius 2 is 2.26 bits per heavy atom. The summed E-state index contributed by atoms with van der Waals surface area (Å²) < 4.78 is 0. The number of amides is 1. The fourth-order valence-electron chi connectivity index (χ4n) is 2.40. The van der Waals surface area contributed by atoms with Crippen molar-refractivity contribution in [3.8, 4) is 0 Å². The quantitative estimate of drug-likeness (QED) is 0.825. The minimum atomic E-state index is 0.220. The number of carbonyl (C=O) groups excluding carboxylic acids is 1. The molecule has 19 heavy (non-hydrogen) atoms. The Kier molecular flexibility index (Phi) is 4.04. The highest BCUT2D eigenvalue weighted by Gasteiger charge is 2.22. The average Bonchev–Trinajstić information content (AvgIpc) is 2.33. The lowest BCUT2D eigenvalue weighted by Crippen LogP contribution is -2.43. The van der Waals surface area contributed by atoms with Crippen LogP contribution in [0.2, 0.25) is 0 Å². The number of benzene rings is 1. The number of aryl methyl sites for hydroxylation is 1. The zero-order chi connectivity index (χ0) is 14.0. The molecule has 1 aromatic rings. The van der Waals surface area contributed by atoms with E-state index in [1.54, 1.807) is 4.90 Å². The molecule has 1 aromatic carbocycles. The van der Waals surface area contributed by atoms with Gasteiger partial charge in [0.15, 0.2) is 0 Å². The van der Waals surface area contributed by atoms with E-state index < -0.39 is 0 Å². The standard InChI is InChI=1S/C14H19N3OS/c1-9-7-10(3-5-12(9)14(15)19)16-11-4-6-13(18)17(2)8-11/h3,5,7,11,16H,4,6,8H2,1-2H3,(H2,15,19). The van der Waals surface area contributed by atoms with Gasteiger partial charge in [-0.15, -0.1) is 0 Å². The van der Waals surface area contributed by atoms with Crippen LogP contribution in [0, 0.1) is 6.92 Å². The number of nitrogens with one attached hydrogen (secondary N) is 1. The molecule has 1 atom stereocenters. The van der Waals surface area contributed by atoms with E-state index in [0.717, 1.165) is 29.8 Å². The number of likely N-dealkylation sites (N-methyl/N-ethyl adjacent to an activating group) is 1. The molecule has 0 bridgehead atoms. The largest absolute Gasteiger partial charge is 0.389 e. The lowest BCUT2D eigenvalue weighted by Gasteiger charge is -2.31. The lowest BCUT2D eigenvalue weighted by atomic mass is 10.0. The highest BCUT2D eigenvalue weighted by atomic mass is 32.1. The average molecular weight is 277 g/mol. The SMILES string of the molecule is Cc1cc(NC2CCC(=O)N(C)C2)ccc1C(N)=S. The summed E-state index contributed by atoms with van der Waals surface area (Å²) >= 11 is 5.00. The lowest BCUT2D eigenvalue weighted by molar-refractivity contribution is -0.132. The molecule has 1 heterocycles. The molecular weight excluding hydrogens is 258 g/mol. The van der Waals surface area contributed by atoms with Crippen LogP contribution < -0.4 is 11.1 Å². The van der Waals surface area contributed by atoms with E-state index in [4.69, 9.17) is 18.0 Å². The first-order valence-electron chi connectivity index (χ1n) is 6.38. The molecule has 5 heteroatoms. The maximum absolute atomic E-state index is 11.4. The summed E-state index contributed by atoms with van der Waals surface area (Å²) in [5.41, 5.74) is 8.68. The Bertz CT molecular complexity index is 515. The molecule has 1 aliphatic rings. The van der Waals surface area contributed by atoms with Crippen molar-refractivity contribution in [3.63, 3.8) is 0 Å². The second kappa shape index (κ2) is 5.57. The second-order valence-corrected chi connectivity index (χ2v) is 5.49. The molecule has 0 radical (unpaired) electrons. The minimum absolute atomic E-state index is 0.220. The van der Waals surface area contributed by atoms with Crippen molar-refractivity contribution in [1.82, 2.24) is 4.90 Å². The molecule has 3 N–H and O–H groups in total. The van der Waals surface area contributed by atoms with Gasteiger partial charge in [0.2, 0.25) is 5.91 Å². The number of carbonyl (C=O) groups is 1. The monoisotopic (exact) mass is 277 g/mol. The van der Waals surface area contributed by atoms with Gasteiger partial charge in [-0.25, -0.2) is 0 Å². The molecule has 0 spiro atoms. The van der Waals surface area contributed by atoms with Gasteiger partial charge in [-0.2, -0.15) is 0 Å². The number of rotatable bonds is 3. The van der Waals surface area contributed by atoms with E-state index in [1.807, 2.05) is 32.2 Å². The first kappa shape index (κ1) is 13.8. The van der Waals surface area contributed by atoms with E-state index in [1.165, 1.54) is 0 Å². The Labute approximate surface area is 119 Å². The second-order valence-electron chi connectivity index (χ2n) is 5.05. The maximum atomic E-state index is 11.4. The van der Waals surface area contributed by atoms with Gasteiger partial charge >= 0.3 is 0 Å². The van der Waals surface area contributed by atoms with Crippen LogP contribution in [-0.2, 0) is 4.79 Å². The number of anilines is 1. The van der Waals surface area contributed by atoms with E-state index in [0.29, 0.717) is 17.5 Å². The topological polar surface area (TPSA) is 58.4 Å². The van der Waals surface area contributed by atoms with Crippen molar-refractivity contribution in [2.75, 3.05) is 18.9 Å². The van der Waals surface area contributed by atoms with Crippen LogP contribution in [-0.4, -0.2) is 35.4 Å². The number of hydrogen-bond acceptors (Lipinski definition) is 3. The highest BCUT2D eigenvalue weighted by molar-refractivity contribution is 7.80. The third-order valence-electron chi connectivity index (χ3n) is 3.49. The summed E-state index contributed by atoms with van der Waals surface area (Å²) in [6.07, 6.45) is 1.48. The van der Waals surface area contributed by atoms with E-state index >= 15 is 0 Å². The van der Waals surface area contributed by atoms with Crippen molar-refractivity contribution in [2.24, 2.45) is 5.73 Å². The highest BCUT2D eigenvalue weighted by Crippen LogP contribution is 2.19. The van der Waals surface area contributed by atoms with Gasteiger partial charge < -0.3 is 16.0 Å². The van der Waals surface area contributed by atoms with Crippen LogP contribution in [0.3, 0.4) is 0 Å². The smallest absolute Gasteiger partial charge is 0.222 e. The summed E-state index contributed by atoms with van der Waals surface area (Å²) in [4.78, 5) is 13.6. The zero-order valence-electron chi connectivity index (χ0n) is 11.3. The Morgan fingerprint density at radius 3 is 2.84 bits per heavy atom. The third-order valence-corrected chi connectivity index (χ3v) is 3.71. The van der Waals surface area contributed by atoms with Crippen LogP contribution in [0.4, 0.5) is 5.69 Å². The maximum Gasteiger partial charge on any atom is 0.222 e. The van der Waals surface area contributed by atoms with Gasteiger partial charge in [0.1, 0.15) is 4.99 Å². The summed E-state index contributed by atoms with van der Waals surface area (Å²) in [6, 6.07) is 6.28. The van der Waals surface area contributed by atoms with E-state index in [9.17, 15) is 4.79 Å². The number of nitrogens with two attached hydrogens (primary N) is 1. The van der Waals surface area contributed by atoms with Gasteiger partial charge in [-0.3, -0.25) is 4.79 Å². The molecule has 0 aromatic heterocycles. The van der Waals surface area contributed by atoms with Crippen molar-refractivity contribution >= 4 is 28.8 Å². The Hall–Kier alpha value is -1.62. The number of likely N-dealkylation sites (tertiary alicyclic amines) is 1. The van der Waals surface area contributed by atoms with Gasteiger partial charge in [-0.1, -0.05) is 12.2 Å². The Balaban J connectivity index is 2.06. The molecule has 4 nitrogen and oxygen atoms in total. The summed E-state index contributed by atoms with van der Waals surface area (Å²) in [7, 11) is 1.84. The summed E-state index contributed by atoms with van der Waals surface area (Å²) in [5.74, 6) is 0.220. The normalized spacial score (nSPS) is 19.4. The van der Waals surface area contributed by atoms with E-state index in [2.05, 4.69) is 5.32 Å². The van der Waals surface area contributed by atoms with Crippen LogP contribution in [0.15, 0.2) is 18.2 Å². The first-order chi connectivity index (χ1) is 8.97. The van der Waals surface area contributed by atoms with Crippen LogP contribution in [0.5, 0.6) is 0 Å². The fraction of sp³-hybridized carbons (Fsp3) is 0.429.